The SMILES string of the molecule is C=C(F)/C=C\C(=C/C)c1ncn(CC(F)F)c1-c1ccc2ncc(NC(=O)OC)n2n1. The van der Waals surface area contributed by atoms with Crippen molar-refractivity contribution >= 4 is 23.1 Å². The molecule has 0 spiro atoms. The Hall–Kier alpha value is -3.89. The average molecular weight is 432 g/mol. The van der Waals surface area contributed by atoms with Crippen LogP contribution in [0.4, 0.5) is 23.8 Å². The summed E-state index contributed by atoms with van der Waals surface area (Å²) in [5, 5.41) is 6.92. The number of rotatable bonds is 7. The third-order valence-electron chi connectivity index (χ3n) is 4.22. The zero-order valence-electron chi connectivity index (χ0n) is 16.7. The van der Waals surface area contributed by atoms with Gasteiger partial charge in [0.15, 0.2) is 11.5 Å². The second-order valence-electron chi connectivity index (χ2n) is 6.26. The Bertz CT molecular complexity index is 1180. The maximum Gasteiger partial charge on any atom is 0.412 e. The number of anilines is 1. The van der Waals surface area contributed by atoms with Gasteiger partial charge in [0.25, 0.3) is 6.43 Å². The van der Waals surface area contributed by atoms with Gasteiger partial charge in [-0.15, -0.1) is 0 Å². The third kappa shape index (κ3) is 4.82. The fraction of sp³-hybridized carbons (Fsp3) is 0.200. The Labute approximate surface area is 175 Å². The van der Waals surface area contributed by atoms with E-state index in [1.807, 2.05) is 0 Å². The molecule has 162 valence electrons. The molecule has 0 saturated carbocycles. The van der Waals surface area contributed by atoms with Crippen LogP contribution in [0.2, 0.25) is 0 Å². The zero-order chi connectivity index (χ0) is 22.5. The number of hydrogen-bond acceptors (Lipinski definition) is 5. The van der Waals surface area contributed by atoms with Crippen molar-refractivity contribution in [3.8, 4) is 11.4 Å². The Morgan fingerprint density at radius 3 is 2.74 bits per heavy atom. The molecule has 0 unspecified atom stereocenters. The molecule has 0 aliphatic rings. The Morgan fingerprint density at radius 1 is 1.32 bits per heavy atom. The molecule has 3 heterocycles. The summed E-state index contributed by atoms with van der Waals surface area (Å²) in [4.78, 5) is 20.0. The topological polar surface area (TPSA) is 86.3 Å². The molecule has 31 heavy (non-hydrogen) atoms. The number of aromatic nitrogens is 5. The van der Waals surface area contributed by atoms with E-state index in [1.54, 1.807) is 25.1 Å². The van der Waals surface area contributed by atoms with Crippen LogP contribution in [0, 0.1) is 0 Å². The minimum Gasteiger partial charge on any atom is -0.453 e. The molecule has 1 amide bonds. The van der Waals surface area contributed by atoms with Crippen LogP contribution >= 0.6 is 0 Å². The van der Waals surface area contributed by atoms with Crippen molar-refractivity contribution in [2.45, 2.75) is 19.9 Å². The lowest BCUT2D eigenvalue weighted by atomic mass is 10.1. The van der Waals surface area contributed by atoms with E-state index in [-0.39, 0.29) is 5.82 Å². The van der Waals surface area contributed by atoms with E-state index in [2.05, 4.69) is 31.7 Å². The number of allylic oxidation sites excluding steroid dienone is 5. The van der Waals surface area contributed by atoms with Crippen LogP contribution < -0.4 is 5.32 Å². The molecule has 0 aliphatic heterocycles. The van der Waals surface area contributed by atoms with Crippen LogP contribution in [-0.2, 0) is 11.3 Å². The maximum atomic E-state index is 13.2. The van der Waals surface area contributed by atoms with Crippen molar-refractivity contribution in [3.63, 3.8) is 0 Å². The number of nitrogens with one attached hydrogen (secondary N) is 1. The van der Waals surface area contributed by atoms with Crippen molar-refractivity contribution < 1.29 is 22.7 Å². The molecule has 1 N–H and O–H groups in total. The first-order valence-corrected chi connectivity index (χ1v) is 9.06. The average Bonchev–Trinajstić information content (AvgIpc) is 3.31. The van der Waals surface area contributed by atoms with Gasteiger partial charge >= 0.3 is 6.09 Å². The summed E-state index contributed by atoms with van der Waals surface area (Å²) >= 11 is 0. The number of nitrogens with zero attached hydrogens (tertiary/aromatic N) is 5. The van der Waals surface area contributed by atoms with Crippen LogP contribution in [0.15, 0.2) is 55.3 Å². The predicted octanol–water partition coefficient (Wildman–Crippen LogP) is 4.48. The first-order chi connectivity index (χ1) is 14.8. The highest BCUT2D eigenvalue weighted by Gasteiger charge is 2.20. The van der Waals surface area contributed by atoms with Gasteiger partial charge in [0.2, 0.25) is 0 Å². The van der Waals surface area contributed by atoms with Crippen molar-refractivity contribution in [1.29, 1.82) is 0 Å². The van der Waals surface area contributed by atoms with Gasteiger partial charge < -0.3 is 9.30 Å². The first kappa shape index (κ1) is 21.8. The standard InChI is InChI=1S/C20H19F3N6O2/c1-4-13(6-5-12(2)21)18-19(28(11-25-18)10-15(22)23)14-7-8-16-24-9-17(29(16)27-14)26-20(30)31-3/h4-9,11,15H,2,10H2,1,3H3,(H,26,30)/b6-5-,13-4+. The van der Waals surface area contributed by atoms with Gasteiger partial charge in [-0.3, -0.25) is 5.32 Å². The van der Waals surface area contributed by atoms with E-state index < -0.39 is 24.9 Å². The lowest BCUT2D eigenvalue weighted by molar-refractivity contribution is 0.127. The molecule has 8 nitrogen and oxygen atoms in total. The van der Waals surface area contributed by atoms with E-state index in [1.165, 1.54) is 34.8 Å². The number of imidazole rings is 2. The Balaban J connectivity index is 2.16. The molecule has 0 aliphatic carbocycles. The van der Waals surface area contributed by atoms with Crippen molar-refractivity contribution in [2.24, 2.45) is 0 Å². The van der Waals surface area contributed by atoms with Crippen LogP contribution in [0.25, 0.3) is 22.6 Å². The van der Waals surface area contributed by atoms with Gasteiger partial charge in [0, 0.05) is 0 Å². The molecule has 3 rings (SSSR count). The molecular weight excluding hydrogens is 413 g/mol. The normalized spacial score (nSPS) is 12.1. The number of carbonyl (C=O) groups is 1. The predicted molar refractivity (Wildman–Crippen MR) is 109 cm³/mol. The molecule has 0 bridgehead atoms. The maximum absolute atomic E-state index is 13.2. The smallest absolute Gasteiger partial charge is 0.412 e. The summed E-state index contributed by atoms with van der Waals surface area (Å²) in [6.45, 7) is 4.27. The number of halogens is 3. The first-order valence-electron chi connectivity index (χ1n) is 9.06. The highest BCUT2D eigenvalue weighted by atomic mass is 19.3. The largest absolute Gasteiger partial charge is 0.453 e. The quantitative estimate of drug-likeness (QED) is 0.557. The monoisotopic (exact) mass is 432 g/mol. The van der Waals surface area contributed by atoms with E-state index in [9.17, 15) is 18.0 Å². The number of alkyl halides is 2. The van der Waals surface area contributed by atoms with E-state index in [0.717, 1.165) is 6.08 Å². The molecule has 3 aromatic rings. The summed E-state index contributed by atoms with van der Waals surface area (Å²) in [6, 6.07) is 3.21. The molecule has 0 saturated heterocycles. The van der Waals surface area contributed by atoms with Crippen molar-refractivity contribution in [3.05, 3.63) is 61.0 Å². The molecule has 0 radical (unpaired) electrons. The highest BCUT2D eigenvalue weighted by Crippen LogP contribution is 2.29. The van der Waals surface area contributed by atoms with Gasteiger partial charge in [0.1, 0.15) is 11.5 Å². The van der Waals surface area contributed by atoms with E-state index in [0.29, 0.717) is 28.3 Å². The number of hydrogen-bond donors (Lipinski definition) is 1. The molecule has 11 heteroatoms. The fourth-order valence-corrected chi connectivity index (χ4v) is 2.88. The molecule has 0 aromatic carbocycles. The lowest BCUT2D eigenvalue weighted by Gasteiger charge is -2.11. The summed E-state index contributed by atoms with van der Waals surface area (Å²) < 4.78 is 46.7. The third-order valence-corrected chi connectivity index (χ3v) is 4.22. The van der Waals surface area contributed by atoms with Gasteiger partial charge in [-0.1, -0.05) is 18.7 Å². The van der Waals surface area contributed by atoms with Gasteiger partial charge in [-0.2, -0.15) is 9.61 Å². The summed E-state index contributed by atoms with van der Waals surface area (Å²) in [6.07, 6.45) is 3.56. The van der Waals surface area contributed by atoms with E-state index in [4.69, 9.17) is 0 Å². The molecular formula is C20H19F3N6O2. The van der Waals surface area contributed by atoms with Gasteiger partial charge in [-0.25, -0.2) is 27.9 Å². The Kier molecular flexibility index (Phi) is 6.53. The molecule has 3 aromatic heterocycles. The summed E-state index contributed by atoms with van der Waals surface area (Å²) in [7, 11) is 1.21. The van der Waals surface area contributed by atoms with Crippen LogP contribution in [-0.4, -0.2) is 43.8 Å². The van der Waals surface area contributed by atoms with Crippen molar-refractivity contribution in [1.82, 2.24) is 24.1 Å². The fourth-order valence-electron chi connectivity index (χ4n) is 2.88. The van der Waals surface area contributed by atoms with E-state index >= 15 is 0 Å². The van der Waals surface area contributed by atoms with Gasteiger partial charge in [0.05, 0.1) is 37.6 Å². The minimum atomic E-state index is -2.63. The number of methoxy groups -OCH3 is 1. The van der Waals surface area contributed by atoms with Crippen LogP contribution in [0.1, 0.15) is 12.6 Å². The number of fused-ring (bicyclic) bond motifs is 1. The summed E-state index contributed by atoms with van der Waals surface area (Å²) in [5.74, 6) is -0.436. The zero-order valence-corrected chi connectivity index (χ0v) is 16.7. The highest BCUT2D eigenvalue weighted by molar-refractivity contribution is 5.84. The Morgan fingerprint density at radius 2 is 2.10 bits per heavy atom. The van der Waals surface area contributed by atoms with Gasteiger partial charge in [-0.05, 0) is 30.7 Å². The second kappa shape index (κ2) is 9.28. The van der Waals surface area contributed by atoms with Crippen LogP contribution in [0.3, 0.4) is 0 Å². The van der Waals surface area contributed by atoms with Crippen molar-refractivity contribution in [2.75, 3.05) is 12.4 Å². The summed E-state index contributed by atoms with van der Waals surface area (Å²) in [5.41, 5.74) is 1.81. The number of ether oxygens (including phenoxy) is 1. The molecule has 0 fully saturated rings. The number of amides is 1. The lowest BCUT2D eigenvalue weighted by Crippen LogP contribution is -2.14. The second-order valence-corrected chi connectivity index (χ2v) is 6.26. The number of carbonyl (C=O) groups excluding carboxylic acids is 1. The minimum absolute atomic E-state index is 0.227. The molecule has 0 atom stereocenters. The van der Waals surface area contributed by atoms with Crippen LogP contribution in [0.5, 0.6) is 0 Å².